The van der Waals surface area contributed by atoms with Crippen LogP contribution in [0.1, 0.15) is 85.7 Å². The first-order valence-electron chi connectivity index (χ1n) is 10.4. The average molecular weight is 368 g/mol. The van der Waals surface area contributed by atoms with Crippen LogP contribution in [0.2, 0.25) is 0 Å². The van der Waals surface area contributed by atoms with E-state index in [2.05, 4.69) is 51.2 Å². The van der Waals surface area contributed by atoms with Gasteiger partial charge in [-0.1, -0.05) is 65.0 Å². The quantitative estimate of drug-likeness (QED) is 0.482. The van der Waals surface area contributed by atoms with Crippen molar-refractivity contribution in [1.82, 2.24) is 5.32 Å². The third-order valence-corrected chi connectivity index (χ3v) is 4.61. The minimum Gasteiger partial charge on any atom is -0.493 e. The molecule has 1 saturated carbocycles. The Morgan fingerprint density at radius 1 is 1.15 bits per heavy atom. The van der Waals surface area contributed by atoms with Gasteiger partial charge in [-0.3, -0.25) is 0 Å². The van der Waals surface area contributed by atoms with E-state index in [-0.39, 0.29) is 1.43 Å². The van der Waals surface area contributed by atoms with Crippen molar-refractivity contribution in [2.45, 2.75) is 78.7 Å². The smallest absolute Gasteiger partial charge is 0.119 e. The Kier molecular flexibility index (Phi) is 15.5. The lowest BCUT2D eigenvalue weighted by Crippen LogP contribution is -2.12. The zero-order valence-electron chi connectivity index (χ0n) is 18.1. The highest BCUT2D eigenvalue weighted by Crippen LogP contribution is 2.30. The molecule has 0 bridgehead atoms. The normalized spacial score (nSPS) is 14.0. The lowest BCUT2D eigenvalue weighted by atomic mass is 10.1. The van der Waals surface area contributed by atoms with E-state index < -0.39 is 0 Å². The summed E-state index contributed by atoms with van der Waals surface area (Å²) in [5.74, 6) is 2.72. The Morgan fingerprint density at radius 3 is 2.38 bits per heavy atom. The summed E-state index contributed by atoms with van der Waals surface area (Å²) in [6.07, 6.45) is 9.75. The summed E-state index contributed by atoms with van der Waals surface area (Å²) in [4.78, 5) is 0. The first kappa shape index (κ1) is 24.9. The fraction of sp³-hybridized carbons (Fsp3) is 0.739. The summed E-state index contributed by atoms with van der Waals surface area (Å²) in [7, 11) is 2.97. The summed E-state index contributed by atoms with van der Waals surface area (Å²) in [6, 6.07) is 8.74. The Bertz CT molecular complexity index is 436. The number of aliphatic hydroxyl groups is 1. The molecule has 1 aromatic rings. The van der Waals surface area contributed by atoms with Gasteiger partial charge in [-0.15, -0.1) is 0 Å². The minimum atomic E-state index is 0. The van der Waals surface area contributed by atoms with Crippen molar-refractivity contribution in [3.8, 4) is 5.75 Å². The van der Waals surface area contributed by atoms with Crippen molar-refractivity contribution in [2.24, 2.45) is 11.8 Å². The number of hydrogen-bond donors (Lipinski definition) is 2. The molecule has 2 rings (SSSR count). The highest BCUT2D eigenvalue weighted by Gasteiger charge is 2.21. The number of aliphatic hydroxyl groups excluding tert-OH is 1. The van der Waals surface area contributed by atoms with E-state index in [4.69, 9.17) is 9.84 Å². The lowest BCUT2D eigenvalue weighted by molar-refractivity contribution is 0.299. The molecule has 1 atom stereocenters. The summed E-state index contributed by atoms with van der Waals surface area (Å²) >= 11 is 0. The molecule has 0 aliphatic heterocycles. The molecule has 154 valence electrons. The molecule has 0 radical (unpaired) electrons. The van der Waals surface area contributed by atoms with Crippen LogP contribution in [0.5, 0.6) is 5.75 Å². The standard InChI is InChI=1S/C13H19NO.C9H20.CH4O.H2/c1-10(14-2)12-4-3-5-13(8-12)15-9-11-6-7-11;1-4-5-6-7-8-9(2)3;1-2;/h3-5,8,10-11,14H,6-7,9H2,1-2H3;9H,4-8H2,1-3H3;2H,1H3;1H/t10-;;;/m1.../s1. The molecule has 1 aliphatic carbocycles. The van der Waals surface area contributed by atoms with Gasteiger partial charge < -0.3 is 15.2 Å². The summed E-state index contributed by atoms with van der Waals surface area (Å²) in [5, 5.41) is 10.2. The van der Waals surface area contributed by atoms with Gasteiger partial charge in [0.05, 0.1) is 6.61 Å². The van der Waals surface area contributed by atoms with Crippen LogP contribution in [0.4, 0.5) is 0 Å². The average Bonchev–Trinajstić information content (AvgIpc) is 3.50. The molecule has 26 heavy (non-hydrogen) atoms. The Labute approximate surface area is 164 Å². The maximum absolute atomic E-state index is 7.00. The number of unbranched alkanes of at least 4 members (excludes halogenated alkanes) is 3. The van der Waals surface area contributed by atoms with E-state index in [0.29, 0.717) is 6.04 Å². The second-order valence-electron chi connectivity index (χ2n) is 7.58. The van der Waals surface area contributed by atoms with Crippen molar-refractivity contribution < 1.29 is 11.3 Å². The van der Waals surface area contributed by atoms with Crippen molar-refractivity contribution >= 4 is 0 Å². The van der Waals surface area contributed by atoms with E-state index in [0.717, 1.165) is 31.3 Å². The molecule has 3 heteroatoms. The van der Waals surface area contributed by atoms with Crippen molar-refractivity contribution in [3.05, 3.63) is 29.8 Å². The van der Waals surface area contributed by atoms with Gasteiger partial charge in [-0.25, -0.2) is 0 Å². The molecule has 0 saturated heterocycles. The van der Waals surface area contributed by atoms with Gasteiger partial charge in [0, 0.05) is 14.6 Å². The zero-order chi connectivity index (χ0) is 19.8. The summed E-state index contributed by atoms with van der Waals surface area (Å²) < 4.78 is 5.74. The largest absolute Gasteiger partial charge is 0.493 e. The first-order valence-corrected chi connectivity index (χ1v) is 10.4. The second kappa shape index (κ2) is 16.1. The summed E-state index contributed by atoms with van der Waals surface area (Å²) in [6.45, 7) is 9.89. The van der Waals surface area contributed by atoms with Gasteiger partial charge in [0.1, 0.15) is 5.75 Å². The monoisotopic (exact) mass is 367 g/mol. The van der Waals surface area contributed by atoms with E-state index >= 15 is 0 Å². The number of nitrogens with one attached hydrogen (secondary N) is 1. The zero-order valence-corrected chi connectivity index (χ0v) is 18.1. The number of hydrogen-bond acceptors (Lipinski definition) is 3. The fourth-order valence-electron chi connectivity index (χ4n) is 2.52. The molecule has 3 nitrogen and oxygen atoms in total. The number of rotatable bonds is 10. The Balaban J connectivity index is 0. The van der Waals surface area contributed by atoms with Crippen LogP contribution in [0, 0.1) is 11.8 Å². The topological polar surface area (TPSA) is 41.5 Å². The predicted molar refractivity (Wildman–Crippen MR) is 116 cm³/mol. The molecular weight excluding hydrogens is 322 g/mol. The predicted octanol–water partition coefficient (Wildman–Crippen LogP) is 6.22. The highest BCUT2D eigenvalue weighted by molar-refractivity contribution is 5.30. The molecule has 0 amide bonds. The van der Waals surface area contributed by atoms with E-state index in [1.54, 1.807) is 0 Å². The molecule has 0 unspecified atom stereocenters. The third-order valence-electron chi connectivity index (χ3n) is 4.61. The molecule has 0 heterocycles. The molecule has 1 fully saturated rings. The van der Waals surface area contributed by atoms with Gasteiger partial charge in [0.2, 0.25) is 0 Å². The molecule has 1 aromatic carbocycles. The maximum Gasteiger partial charge on any atom is 0.119 e. The van der Waals surface area contributed by atoms with E-state index in [9.17, 15) is 0 Å². The van der Waals surface area contributed by atoms with Crippen LogP contribution in [-0.4, -0.2) is 25.9 Å². The van der Waals surface area contributed by atoms with E-state index in [1.807, 2.05) is 13.1 Å². The van der Waals surface area contributed by atoms with Crippen LogP contribution in [0.3, 0.4) is 0 Å². The van der Waals surface area contributed by atoms with Gasteiger partial charge in [0.15, 0.2) is 0 Å². The Morgan fingerprint density at radius 2 is 1.85 bits per heavy atom. The minimum absolute atomic E-state index is 0. The van der Waals surface area contributed by atoms with Gasteiger partial charge in [0.25, 0.3) is 0 Å². The second-order valence-corrected chi connectivity index (χ2v) is 7.58. The van der Waals surface area contributed by atoms with Crippen molar-refractivity contribution in [3.63, 3.8) is 0 Å². The SMILES string of the molecule is CCCCCCC(C)C.CN[C@H](C)c1cccc(OCC2CC2)c1.CO.[HH]. The molecule has 0 spiro atoms. The lowest BCUT2D eigenvalue weighted by Gasteiger charge is -2.12. The first-order chi connectivity index (χ1) is 12.6. The molecule has 1 aliphatic rings. The van der Waals surface area contributed by atoms with Crippen molar-refractivity contribution in [1.29, 1.82) is 0 Å². The number of benzene rings is 1. The van der Waals surface area contributed by atoms with Gasteiger partial charge in [-0.2, -0.15) is 0 Å². The van der Waals surface area contributed by atoms with E-state index in [1.165, 1.54) is 50.5 Å². The van der Waals surface area contributed by atoms with Crippen LogP contribution < -0.4 is 10.1 Å². The van der Waals surface area contributed by atoms with Gasteiger partial charge in [-0.05, 0) is 56.3 Å². The molecule has 2 N–H and O–H groups in total. The van der Waals surface area contributed by atoms with Crippen LogP contribution >= 0.6 is 0 Å². The fourth-order valence-corrected chi connectivity index (χ4v) is 2.52. The number of ether oxygens (including phenoxy) is 1. The van der Waals surface area contributed by atoms with Crippen molar-refractivity contribution in [2.75, 3.05) is 20.8 Å². The van der Waals surface area contributed by atoms with Crippen LogP contribution in [0.25, 0.3) is 0 Å². The molecule has 0 aromatic heterocycles. The van der Waals surface area contributed by atoms with Crippen LogP contribution in [0.15, 0.2) is 24.3 Å². The maximum atomic E-state index is 7.00. The van der Waals surface area contributed by atoms with Gasteiger partial charge >= 0.3 is 0 Å². The molecular formula is C23H45NO2. The Hall–Kier alpha value is -1.06. The highest BCUT2D eigenvalue weighted by atomic mass is 16.5. The summed E-state index contributed by atoms with van der Waals surface area (Å²) in [5.41, 5.74) is 1.28. The third kappa shape index (κ3) is 13.2. The van der Waals surface area contributed by atoms with Crippen LogP contribution in [-0.2, 0) is 0 Å².